The predicted octanol–water partition coefficient (Wildman–Crippen LogP) is 2.97. The van der Waals surface area contributed by atoms with E-state index < -0.39 is 0 Å². The summed E-state index contributed by atoms with van der Waals surface area (Å²) in [6.45, 7) is 2.89. The van der Waals surface area contributed by atoms with Gasteiger partial charge in [-0.15, -0.1) is 0 Å². The summed E-state index contributed by atoms with van der Waals surface area (Å²) in [5.41, 5.74) is 0.897. The number of carbonyl (C=O) groups is 1. The maximum atomic E-state index is 12.2. The zero-order valence-electron chi connectivity index (χ0n) is 12.7. The van der Waals surface area contributed by atoms with Crippen molar-refractivity contribution in [3.05, 3.63) is 36.4 Å². The van der Waals surface area contributed by atoms with Gasteiger partial charge in [0.1, 0.15) is 0 Å². The molecule has 1 aromatic carbocycles. The van der Waals surface area contributed by atoms with Crippen LogP contribution in [-0.4, -0.2) is 40.9 Å². The van der Waals surface area contributed by atoms with Crippen LogP contribution in [0.4, 0.5) is 10.6 Å². The molecule has 0 bridgehead atoms. The number of aliphatic hydroxyl groups excluding tert-OH is 1. The number of nitrogens with zero attached hydrogens (tertiary/aromatic N) is 2. The topological polar surface area (TPSA) is 78.6 Å². The number of aromatic nitrogens is 1. The standard InChI is InChI=1S/C16H21N3O3/c1-2-3-9-19(10-11-20)16(21)17-15-12-14(22-18-15)13-7-5-4-6-8-13/h4-8,12,20H,2-3,9-11H2,1H3,(H,17,18,21). The Kier molecular flexibility index (Phi) is 5.97. The third kappa shape index (κ3) is 4.33. The van der Waals surface area contributed by atoms with Gasteiger partial charge in [0.05, 0.1) is 6.61 Å². The largest absolute Gasteiger partial charge is 0.395 e. The van der Waals surface area contributed by atoms with Crippen LogP contribution in [-0.2, 0) is 0 Å². The smallest absolute Gasteiger partial charge is 0.323 e. The summed E-state index contributed by atoms with van der Waals surface area (Å²) in [5.74, 6) is 0.960. The average Bonchev–Trinajstić information content (AvgIpc) is 3.00. The summed E-state index contributed by atoms with van der Waals surface area (Å²) >= 11 is 0. The molecule has 0 aliphatic rings. The van der Waals surface area contributed by atoms with Crippen molar-refractivity contribution in [2.75, 3.05) is 25.0 Å². The van der Waals surface area contributed by atoms with Crippen LogP contribution in [0.1, 0.15) is 19.8 Å². The first-order chi connectivity index (χ1) is 10.7. The fourth-order valence-corrected chi connectivity index (χ4v) is 2.05. The third-order valence-electron chi connectivity index (χ3n) is 3.24. The molecule has 2 amide bonds. The maximum Gasteiger partial charge on any atom is 0.323 e. The first-order valence-corrected chi connectivity index (χ1v) is 7.43. The zero-order chi connectivity index (χ0) is 15.8. The predicted molar refractivity (Wildman–Crippen MR) is 84.5 cm³/mol. The van der Waals surface area contributed by atoms with Crippen LogP contribution in [0.15, 0.2) is 40.9 Å². The molecule has 6 nitrogen and oxygen atoms in total. The molecule has 0 aliphatic heterocycles. The molecule has 1 heterocycles. The number of nitrogens with one attached hydrogen (secondary N) is 1. The molecule has 118 valence electrons. The van der Waals surface area contributed by atoms with Gasteiger partial charge in [-0.25, -0.2) is 4.79 Å². The van der Waals surface area contributed by atoms with E-state index in [0.29, 0.717) is 24.7 Å². The van der Waals surface area contributed by atoms with Crippen molar-refractivity contribution < 1.29 is 14.4 Å². The van der Waals surface area contributed by atoms with Gasteiger partial charge in [0.2, 0.25) is 0 Å². The maximum absolute atomic E-state index is 12.2. The Labute approximate surface area is 129 Å². The third-order valence-corrected chi connectivity index (χ3v) is 3.24. The van der Waals surface area contributed by atoms with E-state index in [2.05, 4.69) is 17.4 Å². The molecule has 22 heavy (non-hydrogen) atoms. The van der Waals surface area contributed by atoms with Gasteiger partial charge in [-0.1, -0.05) is 48.8 Å². The van der Waals surface area contributed by atoms with Crippen LogP contribution in [0.5, 0.6) is 0 Å². The highest BCUT2D eigenvalue weighted by Crippen LogP contribution is 2.22. The van der Waals surface area contributed by atoms with Crippen LogP contribution in [0, 0.1) is 0 Å². The second-order valence-corrected chi connectivity index (χ2v) is 4.94. The molecule has 2 rings (SSSR count). The first-order valence-electron chi connectivity index (χ1n) is 7.43. The molecule has 0 saturated carbocycles. The highest BCUT2D eigenvalue weighted by Gasteiger charge is 2.15. The van der Waals surface area contributed by atoms with Crippen molar-refractivity contribution in [2.45, 2.75) is 19.8 Å². The number of urea groups is 1. The van der Waals surface area contributed by atoms with Crippen molar-refractivity contribution in [1.29, 1.82) is 0 Å². The summed E-state index contributed by atoms with van der Waals surface area (Å²) in [4.78, 5) is 13.7. The van der Waals surface area contributed by atoms with Crippen molar-refractivity contribution in [3.63, 3.8) is 0 Å². The summed E-state index contributed by atoms with van der Waals surface area (Å²) in [7, 11) is 0. The van der Waals surface area contributed by atoms with Gasteiger partial charge in [0.15, 0.2) is 11.6 Å². The highest BCUT2D eigenvalue weighted by atomic mass is 16.5. The summed E-state index contributed by atoms with van der Waals surface area (Å²) in [6, 6.07) is 11.0. The van der Waals surface area contributed by atoms with Crippen LogP contribution in [0.3, 0.4) is 0 Å². The molecule has 0 spiro atoms. The minimum atomic E-state index is -0.282. The minimum Gasteiger partial charge on any atom is -0.395 e. The second-order valence-electron chi connectivity index (χ2n) is 4.94. The lowest BCUT2D eigenvalue weighted by Gasteiger charge is -2.21. The number of unbranched alkanes of at least 4 members (excludes halogenated alkanes) is 1. The van der Waals surface area contributed by atoms with Gasteiger partial charge in [-0.3, -0.25) is 5.32 Å². The van der Waals surface area contributed by atoms with Gasteiger partial charge in [-0.05, 0) is 6.42 Å². The van der Waals surface area contributed by atoms with Gasteiger partial charge in [0, 0.05) is 24.7 Å². The number of anilines is 1. The summed E-state index contributed by atoms with van der Waals surface area (Å²) in [6.07, 6.45) is 1.87. The molecule has 0 aliphatic carbocycles. The number of rotatable bonds is 7. The highest BCUT2D eigenvalue weighted by molar-refractivity contribution is 5.88. The van der Waals surface area contributed by atoms with Gasteiger partial charge < -0.3 is 14.5 Å². The number of hydrogen-bond donors (Lipinski definition) is 2. The molecule has 0 fully saturated rings. The van der Waals surface area contributed by atoms with Crippen molar-refractivity contribution >= 4 is 11.8 Å². The van der Waals surface area contributed by atoms with E-state index >= 15 is 0 Å². The molecule has 1 aromatic heterocycles. The van der Waals surface area contributed by atoms with E-state index in [1.165, 1.54) is 0 Å². The van der Waals surface area contributed by atoms with Crippen molar-refractivity contribution in [2.24, 2.45) is 0 Å². The van der Waals surface area contributed by atoms with E-state index in [0.717, 1.165) is 18.4 Å². The van der Waals surface area contributed by atoms with E-state index in [1.54, 1.807) is 11.0 Å². The van der Waals surface area contributed by atoms with Gasteiger partial charge in [0.25, 0.3) is 0 Å². The number of amides is 2. The lowest BCUT2D eigenvalue weighted by Crippen LogP contribution is -2.37. The Morgan fingerprint density at radius 2 is 2.09 bits per heavy atom. The fraction of sp³-hybridized carbons (Fsp3) is 0.375. The van der Waals surface area contributed by atoms with Crippen LogP contribution >= 0.6 is 0 Å². The lowest BCUT2D eigenvalue weighted by molar-refractivity contribution is 0.187. The van der Waals surface area contributed by atoms with Crippen LogP contribution in [0.2, 0.25) is 0 Å². The molecule has 0 radical (unpaired) electrons. The molecular formula is C16H21N3O3. The zero-order valence-corrected chi connectivity index (χ0v) is 12.7. The van der Waals surface area contributed by atoms with E-state index in [9.17, 15) is 4.79 Å². The minimum absolute atomic E-state index is 0.0643. The molecule has 2 N–H and O–H groups in total. The molecule has 0 saturated heterocycles. The molecule has 2 aromatic rings. The van der Waals surface area contributed by atoms with E-state index in [1.807, 2.05) is 30.3 Å². The Morgan fingerprint density at radius 1 is 1.32 bits per heavy atom. The Balaban J connectivity index is 2.00. The number of carbonyl (C=O) groups excluding carboxylic acids is 1. The Morgan fingerprint density at radius 3 is 2.77 bits per heavy atom. The summed E-state index contributed by atoms with van der Waals surface area (Å²) < 4.78 is 5.24. The number of benzene rings is 1. The van der Waals surface area contributed by atoms with Crippen LogP contribution in [0.25, 0.3) is 11.3 Å². The molecule has 6 heteroatoms. The Bertz CT molecular complexity index is 583. The number of aliphatic hydroxyl groups is 1. The monoisotopic (exact) mass is 303 g/mol. The second kappa shape index (κ2) is 8.19. The SMILES string of the molecule is CCCCN(CCO)C(=O)Nc1cc(-c2ccccc2)on1. The average molecular weight is 303 g/mol. The molecule has 0 unspecified atom stereocenters. The van der Waals surface area contributed by atoms with Crippen molar-refractivity contribution in [1.82, 2.24) is 10.1 Å². The van der Waals surface area contributed by atoms with Crippen molar-refractivity contribution in [3.8, 4) is 11.3 Å². The molecular weight excluding hydrogens is 282 g/mol. The van der Waals surface area contributed by atoms with Crippen LogP contribution < -0.4 is 5.32 Å². The normalized spacial score (nSPS) is 10.5. The number of hydrogen-bond acceptors (Lipinski definition) is 4. The van der Waals surface area contributed by atoms with E-state index in [-0.39, 0.29) is 12.6 Å². The quantitative estimate of drug-likeness (QED) is 0.824. The fourth-order valence-electron chi connectivity index (χ4n) is 2.05. The van der Waals surface area contributed by atoms with Gasteiger partial charge >= 0.3 is 6.03 Å². The lowest BCUT2D eigenvalue weighted by atomic mass is 10.2. The van der Waals surface area contributed by atoms with E-state index in [4.69, 9.17) is 9.63 Å². The summed E-state index contributed by atoms with van der Waals surface area (Å²) in [5, 5.41) is 15.6. The molecule has 0 atom stereocenters. The first kappa shape index (κ1) is 16.0. The Hall–Kier alpha value is -2.34. The van der Waals surface area contributed by atoms with Gasteiger partial charge in [-0.2, -0.15) is 0 Å².